The van der Waals surface area contributed by atoms with E-state index in [2.05, 4.69) is 0 Å². The monoisotopic (exact) mass is 192 g/mol. The van der Waals surface area contributed by atoms with E-state index in [1.807, 2.05) is 30.3 Å². The lowest BCUT2D eigenvalue weighted by Gasteiger charge is -2.05. The Labute approximate surface area is 82.3 Å². The number of benzene rings is 1. The molecular weight excluding hydrogens is 180 g/mol. The lowest BCUT2D eigenvalue weighted by atomic mass is 10.1. The molecule has 0 aliphatic carbocycles. The van der Waals surface area contributed by atoms with Crippen LogP contribution in [-0.2, 0) is 4.79 Å². The molecule has 0 aliphatic heterocycles. The van der Waals surface area contributed by atoms with Gasteiger partial charge in [-0.1, -0.05) is 36.4 Å². The molecule has 1 unspecified atom stereocenters. The average molecular weight is 192 g/mol. The van der Waals surface area contributed by atoms with Gasteiger partial charge in [0.25, 0.3) is 0 Å². The number of carboxylic acids is 1. The summed E-state index contributed by atoms with van der Waals surface area (Å²) in [7, 11) is 0. The number of hydrogen-bond donors (Lipinski definition) is 2. The first-order valence-electron chi connectivity index (χ1n) is 4.25. The highest BCUT2D eigenvalue weighted by Gasteiger charge is 2.14. The van der Waals surface area contributed by atoms with Crippen molar-refractivity contribution in [2.45, 2.75) is 13.0 Å². The molecule has 0 bridgehead atoms. The van der Waals surface area contributed by atoms with E-state index in [0.29, 0.717) is 5.57 Å². The number of hydrogen-bond acceptors (Lipinski definition) is 2. The van der Waals surface area contributed by atoms with E-state index in [1.165, 1.54) is 0 Å². The van der Waals surface area contributed by atoms with Crippen molar-refractivity contribution in [1.29, 1.82) is 0 Å². The molecule has 1 aromatic carbocycles. The highest BCUT2D eigenvalue weighted by Crippen LogP contribution is 2.09. The van der Waals surface area contributed by atoms with Crippen LogP contribution in [0.1, 0.15) is 12.5 Å². The second-order valence-corrected chi connectivity index (χ2v) is 3.04. The second kappa shape index (κ2) is 4.58. The molecule has 74 valence electrons. The molecule has 1 aromatic rings. The highest BCUT2D eigenvalue weighted by atomic mass is 16.4. The van der Waals surface area contributed by atoms with Crippen molar-refractivity contribution in [2.75, 3.05) is 0 Å². The molecule has 0 saturated carbocycles. The Morgan fingerprint density at radius 1 is 1.36 bits per heavy atom. The Kier molecular flexibility index (Phi) is 3.42. The molecule has 2 N–H and O–H groups in total. The maximum atomic E-state index is 10.4. The molecule has 0 amide bonds. The van der Waals surface area contributed by atoms with Gasteiger partial charge in [0.1, 0.15) is 0 Å². The van der Waals surface area contributed by atoms with Crippen molar-refractivity contribution in [1.82, 2.24) is 0 Å². The molecule has 14 heavy (non-hydrogen) atoms. The molecule has 0 saturated heterocycles. The smallest absolute Gasteiger partial charge is 0.336 e. The van der Waals surface area contributed by atoms with Crippen LogP contribution in [-0.4, -0.2) is 22.3 Å². The van der Waals surface area contributed by atoms with E-state index >= 15 is 0 Å². The molecule has 1 rings (SSSR count). The van der Waals surface area contributed by atoms with Gasteiger partial charge in [0.15, 0.2) is 6.10 Å². The first kappa shape index (κ1) is 10.5. The van der Waals surface area contributed by atoms with Crippen molar-refractivity contribution in [3.8, 4) is 0 Å². The summed E-state index contributed by atoms with van der Waals surface area (Å²) in [6.45, 7) is 1.59. The van der Waals surface area contributed by atoms with E-state index < -0.39 is 12.1 Å². The van der Waals surface area contributed by atoms with Crippen LogP contribution in [0.2, 0.25) is 0 Å². The summed E-state index contributed by atoms with van der Waals surface area (Å²) < 4.78 is 0. The van der Waals surface area contributed by atoms with Gasteiger partial charge in [0, 0.05) is 0 Å². The minimum Gasteiger partial charge on any atom is -0.479 e. The van der Waals surface area contributed by atoms with Gasteiger partial charge in [-0.15, -0.1) is 0 Å². The van der Waals surface area contributed by atoms with Crippen LogP contribution in [0.25, 0.3) is 6.08 Å². The van der Waals surface area contributed by atoms with Crippen LogP contribution in [0.4, 0.5) is 0 Å². The molecule has 0 aliphatic rings. The molecule has 3 nitrogen and oxygen atoms in total. The Hall–Kier alpha value is -1.61. The Morgan fingerprint density at radius 2 is 1.93 bits per heavy atom. The van der Waals surface area contributed by atoms with Crippen LogP contribution in [0.5, 0.6) is 0 Å². The molecule has 1 atom stereocenters. The van der Waals surface area contributed by atoms with E-state index in [-0.39, 0.29) is 0 Å². The van der Waals surface area contributed by atoms with Crippen molar-refractivity contribution >= 4 is 12.0 Å². The van der Waals surface area contributed by atoms with Crippen molar-refractivity contribution < 1.29 is 15.0 Å². The minimum atomic E-state index is -1.42. The third-order valence-corrected chi connectivity index (χ3v) is 1.86. The van der Waals surface area contributed by atoms with Gasteiger partial charge in [-0.25, -0.2) is 4.79 Å². The maximum absolute atomic E-state index is 10.4. The number of carbonyl (C=O) groups is 1. The van der Waals surface area contributed by atoms with Gasteiger partial charge in [0.2, 0.25) is 0 Å². The zero-order valence-corrected chi connectivity index (χ0v) is 7.84. The second-order valence-electron chi connectivity index (χ2n) is 3.04. The standard InChI is InChI=1S/C11H12O3/c1-8(10(12)11(13)14)7-9-5-3-2-4-6-9/h2-7,10,12H,1H3,(H,13,14)/b8-7-. The largest absolute Gasteiger partial charge is 0.479 e. The normalized spacial score (nSPS) is 13.7. The number of rotatable bonds is 3. The van der Waals surface area contributed by atoms with Crippen LogP contribution < -0.4 is 0 Å². The molecule has 0 radical (unpaired) electrons. The number of aliphatic carboxylic acids is 1. The van der Waals surface area contributed by atoms with E-state index in [1.54, 1.807) is 13.0 Å². The molecule has 0 fully saturated rings. The third-order valence-electron chi connectivity index (χ3n) is 1.86. The molecular formula is C11H12O3. The van der Waals surface area contributed by atoms with Crippen LogP contribution >= 0.6 is 0 Å². The summed E-state index contributed by atoms with van der Waals surface area (Å²) in [5.41, 5.74) is 1.30. The van der Waals surface area contributed by atoms with Gasteiger partial charge in [0.05, 0.1) is 0 Å². The van der Waals surface area contributed by atoms with Crippen LogP contribution in [0.3, 0.4) is 0 Å². The zero-order chi connectivity index (χ0) is 10.6. The first-order valence-corrected chi connectivity index (χ1v) is 4.25. The quantitative estimate of drug-likeness (QED) is 0.763. The molecule has 3 heteroatoms. The van der Waals surface area contributed by atoms with E-state index in [0.717, 1.165) is 5.56 Å². The van der Waals surface area contributed by atoms with Crippen LogP contribution in [0, 0.1) is 0 Å². The van der Waals surface area contributed by atoms with Gasteiger partial charge in [-0.3, -0.25) is 0 Å². The van der Waals surface area contributed by atoms with Crippen molar-refractivity contribution in [3.05, 3.63) is 41.5 Å². The fraction of sp³-hybridized carbons (Fsp3) is 0.182. The topological polar surface area (TPSA) is 57.5 Å². The average Bonchev–Trinajstić information content (AvgIpc) is 2.18. The van der Waals surface area contributed by atoms with Gasteiger partial charge >= 0.3 is 5.97 Å². The Balaban J connectivity index is 2.84. The van der Waals surface area contributed by atoms with Crippen molar-refractivity contribution in [3.63, 3.8) is 0 Å². The Morgan fingerprint density at radius 3 is 2.43 bits per heavy atom. The predicted octanol–water partition coefficient (Wildman–Crippen LogP) is 1.54. The van der Waals surface area contributed by atoms with Crippen LogP contribution in [0.15, 0.2) is 35.9 Å². The van der Waals surface area contributed by atoms with Crippen molar-refractivity contribution in [2.24, 2.45) is 0 Å². The summed E-state index contributed by atoms with van der Waals surface area (Å²) >= 11 is 0. The summed E-state index contributed by atoms with van der Waals surface area (Å²) in [6.07, 6.45) is 0.230. The molecule has 0 heterocycles. The number of aliphatic hydroxyl groups excluding tert-OH is 1. The summed E-state index contributed by atoms with van der Waals surface area (Å²) in [4.78, 5) is 10.4. The maximum Gasteiger partial charge on any atom is 0.336 e. The summed E-state index contributed by atoms with van der Waals surface area (Å²) in [5.74, 6) is -1.23. The van der Waals surface area contributed by atoms with E-state index in [4.69, 9.17) is 5.11 Å². The Bertz CT molecular complexity index is 341. The van der Waals surface area contributed by atoms with E-state index in [9.17, 15) is 9.90 Å². The van der Waals surface area contributed by atoms with Gasteiger partial charge < -0.3 is 10.2 Å². The number of carboxylic acid groups (broad SMARTS) is 1. The lowest BCUT2D eigenvalue weighted by Crippen LogP contribution is -2.20. The molecule has 0 aromatic heterocycles. The first-order chi connectivity index (χ1) is 6.61. The summed E-state index contributed by atoms with van der Waals surface area (Å²) in [5, 5.41) is 17.7. The minimum absolute atomic E-state index is 0.420. The highest BCUT2D eigenvalue weighted by molar-refractivity contribution is 5.77. The summed E-state index contributed by atoms with van der Waals surface area (Å²) in [6, 6.07) is 9.27. The number of aliphatic hydroxyl groups is 1. The lowest BCUT2D eigenvalue weighted by molar-refractivity contribution is -0.144. The SMILES string of the molecule is C/C(=C/c1ccccc1)C(O)C(=O)O. The van der Waals surface area contributed by atoms with Gasteiger partial charge in [-0.2, -0.15) is 0 Å². The van der Waals surface area contributed by atoms with Gasteiger partial charge in [-0.05, 0) is 18.1 Å². The fourth-order valence-corrected chi connectivity index (χ4v) is 1.09. The predicted molar refractivity (Wildman–Crippen MR) is 53.7 cm³/mol. The third kappa shape index (κ3) is 2.71. The zero-order valence-electron chi connectivity index (χ0n) is 7.84. The fourth-order valence-electron chi connectivity index (χ4n) is 1.09. The molecule has 0 spiro atoms.